The van der Waals surface area contributed by atoms with E-state index in [1.165, 1.54) is 28.2 Å². The summed E-state index contributed by atoms with van der Waals surface area (Å²) in [7, 11) is 2.05. The van der Waals surface area contributed by atoms with Crippen LogP contribution in [0.25, 0.3) is 16.8 Å². The van der Waals surface area contributed by atoms with Gasteiger partial charge in [0.1, 0.15) is 16.6 Å². The third-order valence-corrected chi connectivity index (χ3v) is 10.6. The predicted molar refractivity (Wildman–Crippen MR) is 167 cm³/mol. The predicted octanol–water partition coefficient (Wildman–Crippen LogP) is 5.28. The molecule has 220 valence electrons. The maximum atomic E-state index is 12.8. The van der Waals surface area contributed by atoms with Gasteiger partial charge in [0.25, 0.3) is 0 Å². The Balaban J connectivity index is 1.08. The molecule has 3 aliphatic heterocycles. The summed E-state index contributed by atoms with van der Waals surface area (Å²) in [5.74, 6) is 0.765. The number of carbonyl (C=O) groups is 1. The van der Waals surface area contributed by atoms with Gasteiger partial charge in [0, 0.05) is 68.6 Å². The summed E-state index contributed by atoms with van der Waals surface area (Å²) >= 11 is 1.43. The van der Waals surface area contributed by atoms with Crippen LogP contribution in [0.1, 0.15) is 46.9 Å². The van der Waals surface area contributed by atoms with E-state index >= 15 is 0 Å². The Bertz CT molecular complexity index is 1780. The van der Waals surface area contributed by atoms with Gasteiger partial charge in [0.15, 0.2) is 5.13 Å². The Morgan fingerprint density at radius 2 is 1.91 bits per heavy atom. The zero-order valence-corrected chi connectivity index (χ0v) is 25.7. The van der Waals surface area contributed by atoms with Crippen LogP contribution < -0.4 is 9.80 Å². The molecule has 4 aliphatic rings. The van der Waals surface area contributed by atoms with Crippen LogP contribution in [0.3, 0.4) is 0 Å². The van der Waals surface area contributed by atoms with Crippen LogP contribution in [0.15, 0.2) is 36.5 Å². The van der Waals surface area contributed by atoms with Crippen molar-refractivity contribution in [3.8, 4) is 17.3 Å². The highest BCUT2D eigenvalue weighted by molar-refractivity contribution is 7.16. The van der Waals surface area contributed by atoms with E-state index in [-0.39, 0.29) is 17.2 Å². The van der Waals surface area contributed by atoms with E-state index < -0.39 is 0 Å². The van der Waals surface area contributed by atoms with E-state index in [4.69, 9.17) is 14.8 Å². The Morgan fingerprint density at radius 3 is 2.58 bits per heavy atom. The van der Waals surface area contributed by atoms with Gasteiger partial charge in [-0.25, -0.2) is 9.50 Å². The number of nitriles is 1. The van der Waals surface area contributed by atoms with Crippen LogP contribution in [0.4, 0.5) is 16.5 Å². The number of pyridine rings is 1. The zero-order valence-electron chi connectivity index (χ0n) is 24.8. The van der Waals surface area contributed by atoms with Crippen molar-refractivity contribution in [2.75, 3.05) is 56.2 Å². The lowest BCUT2D eigenvalue weighted by Crippen LogP contribution is -2.73. The molecule has 1 aliphatic carbocycles. The van der Waals surface area contributed by atoms with Crippen LogP contribution in [0.2, 0.25) is 0 Å². The molecule has 6 heterocycles. The molecule has 1 amide bonds. The van der Waals surface area contributed by atoms with E-state index in [9.17, 15) is 10.1 Å². The van der Waals surface area contributed by atoms with Crippen molar-refractivity contribution in [3.63, 3.8) is 0 Å². The second-order valence-electron chi connectivity index (χ2n) is 13.0. The molecule has 43 heavy (non-hydrogen) atoms. The second kappa shape index (κ2) is 9.79. The van der Waals surface area contributed by atoms with Gasteiger partial charge in [0.05, 0.1) is 29.4 Å². The highest BCUT2D eigenvalue weighted by Crippen LogP contribution is 2.49. The van der Waals surface area contributed by atoms with Crippen molar-refractivity contribution in [3.05, 3.63) is 58.2 Å². The first-order chi connectivity index (χ1) is 20.8. The molecule has 1 aromatic carbocycles. The minimum absolute atomic E-state index is 0.0474. The lowest BCUT2D eigenvalue weighted by Gasteiger charge is -2.61. The van der Waals surface area contributed by atoms with E-state index in [1.54, 1.807) is 0 Å². The summed E-state index contributed by atoms with van der Waals surface area (Å²) in [6.07, 6.45) is 5.28. The van der Waals surface area contributed by atoms with Crippen LogP contribution in [-0.2, 0) is 9.53 Å². The molecule has 0 N–H and O–H groups in total. The minimum atomic E-state index is 0.0474. The van der Waals surface area contributed by atoms with E-state index in [0.29, 0.717) is 24.0 Å². The van der Waals surface area contributed by atoms with Gasteiger partial charge in [-0.05, 0) is 44.7 Å². The van der Waals surface area contributed by atoms with Crippen LogP contribution in [0, 0.1) is 36.5 Å². The van der Waals surface area contributed by atoms with Crippen molar-refractivity contribution < 1.29 is 9.53 Å². The summed E-state index contributed by atoms with van der Waals surface area (Å²) in [6.45, 7) is 9.11. The summed E-state index contributed by atoms with van der Waals surface area (Å²) in [4.78, 5) is 25.1. The number of ether oxygens (including phenoxy) is 1. The number of fused-ring (bicyclic) bond motifs is 1. The second-order valence-corrected chi connectivity index (χ2v) is 14.0. The molecule has 1 saturated carbocycles. The van der Waals surface area contributed by atoms with Gasteiger partial charge >= 0.3 is 0 Å². The number of anilines is 3. The number of aryl methyl sites for hydroxylation is 2. The molecule has 4 fully saturated rings. The van der Waals surface area contributed by atoms with Gasteiger partial charge in [-0.2, -0.15) is 10.4 Å². The summed E-state index contributed by atoms with van der Waals surface area (Å²) < 4.78 is 7.47. The maximum Gasteiger partial charge on any atom is 0.228 e. The molecule has 9 nitrogen and oxygen atoms in total. The van der Waals surface area contributed by atoms with Gasteiger partial charge in [-0.1, -0.05) is 41.2 Å². The molecule has 4 aromatic rings. The molecular weight excluding hydrogens is 558 g/mol. The van der Waals surface area contributed by atoms with Crippen LogP contribution in [-0.4, -0.2) is 71.8 Å². The Kier molecular flexibility index (Phi) is 6.07. The number of benzene rings is 1. The van der Waals surface area contributed by atoms with Crippen molar-refractivity contribution in [1.29, 1.82) is 5.26 Å². The zero-order chi connectivity index (χ0) is 29.5. The molecular formula is C33H35N7O2S. The van der Waals surface area contributed by atoms with Gasteiger partial charge in [-0.15, -0.1) is 0 Å². The number of amides is 1. The number of likely N-dealkylation sites (tertiary alicyclic amines) is 1. The molecule has 8 rings (SSSR count). The molecule has 0 bridgehead atoms. The highest BCUT2D eigenvalue weighted by Gasteiger charge is 2.54. The lowest BCUT2D eigenvalue weighted by molar-refractivity contribution is -0.149. The van der Waals surface area contributed by atoms with E-state index in [2.05, 4.69) is 61.2 Å². The third kappa shape index (κ3) is 4.40. The third-order valence-electron chi connectivity index (χ3n) is 9.61. The number of thiazole rings is 1. The smallest absolute Gasteiger partial charge is 0.228 e. The number of aromatic nitrogens is 3. The summed E-state index contributed by atoms with van der Waals surface area (Å²) in [6, 6.07) is 12.9. The average Bonchev–Trinajstić information content (AvgIpc) is 3.33. The first-order valence-corrected chi connectivity index (χ1v) is 16.0. The number of rotatable bonds is 6. The van der Waals surface area contributed by atoms with Crippen LogP contribution in [0.5, 0.6) is 0 Å². The van der Waals surface area contributed by atoms with Gasteiger partial charge in [-0.3, -0.25) is 4.79 Å². The molecule has 0 unspecified atom stereocenters. The van der Waals surface area contributed by atoms with Gasteiger partial charge in [0.2, 0.25) is 5.91 Å². The maximum absolute atomic E-state index is 12.8. The fourth-order valence-electron chi connectivity index (χ4n) is 7.07. The minimum Gasteiger partial charge on any atom is -0.381 e. The van der Waals surface area contributed by atoms with Gasteiger partial charge < -0.3 is 19.4 Å². The quantitative estimate of drug-likeness (QED) is 0.301. The number of hydrogen-bond acceptors (Lipinski definition) is 8. The first kappa shape index (κ1) is 26.7. The standard InChI is InChI=1S/C33H35N7O2S/c1-20-4-6-22(7-5-20)28-27(13-34)43-32(35-28)37(3)30-26-12-25(21(2)14-40(26)36-29(30)23-8-9-23)38-16-33(17-38)18-39(19-33)31(41)24-10-11-42-15-24/h4-7,12,14,23-24H,8-11,15-19H2,1-3H3/t24-/m1/s1. The Morgan fingerprint density at radius 1 is 1.14 bits per heavy atom. The van der Waals surface area contributed by atoms with Crippen molar-refractivity contribution in [2.24, 2.45) is 11.3 Å². The fraction of sp³-hybridized carbons (Fsp3) is 0.455. The Hall–Kier alpha value is -3.94. The molecule has 10 heteroatoms. The average molecular weight is 594 g/mol. The fourth-order valence-corrected chi connectivity index (χ4v) is 7.92. The first-order valence-electron chi connectivity index (χ1n) is 15.2. The summed E-state index contributed by atoms with van der Waals surface area (Å²) in [5, 5.41) is 15.8. The van der Waals surface area contributed by atoms with E-state index in [0.717, 1.165) is 78.7 Å². The number of carbonyl (C=O) groups excluding carboxylic acids is 1. The number of nitrogens with zero attached hydrogens (tertiary/aromatic N) is 7. The summed E-state index contributed by atoms with van der Waals surface area (Å²) in [5.41, 5.74) is 8.72. The van der Waals surface area contributed by atoms with Crippen molar-refractivity contribution >= 4 is 39.3 Å². The molecule has 1 atom stereocenters. The molecule has 3 saturated heterocycles. The highest BCUT2D eigenvalue weighted by atomic mass is 32.1. The number of hydrogen-bond donors (Lipinski definition) is 0. The molecule has 3 aromatic heterocycles. The van der Waals surface area contributed by atoms with E-state index in [1.807, 2.05) is 21.5 Å². The monoisotopic (exact) mass is 593 g/mol. The molecule has 0 radical (unpaired) electrons. The Labute approximate surface area is 255 Å². The van der Waals surface area contributed by atoms with Crippen molar-refractivity contribution in [1.82, 2.24) is 19.5 Å². The SMILES string of the molecule is Cc1ccc(-c2nc(N(C)c3c(C4CC4)nn4cc(C)c(N5CC6(CN(C(=O)[C@@H]7CCOC7)C6)C5)cc34)sc2C#N)cc1. The normalized spacial score (nSPS) is 20.7. The lowest BCUT2D eigenvalue weighted by atomic mass is 9.72. The van der Waals surface area contributed by atoms with Crippen molar-refractivity contribution in [2.45, 2.75) is 39.0 Å². The molecule has 1 spiro atoms. The van der Waals surface area contributed by atoms with Crippen LogP contribution >= 0.6 is 11.3 Å². The largest absolute Gasteiger partial charge is 0.381 e. The topological polar surface area (TPSA) is 90.0 Å².